The highest BCUT2D eigenvalue weighted by Gasteiger charge is 2.47. The quantitative estimate of drug-likeness (QED) is 0.807. The lowest BCUT2D eigenvalue weighted by Crippen LogP contribution is -2.55. The van der Waals surface area contributed by atoms with Crippen LogP contribution in [0.2, 0.25) is 0 Å². The second-order valence-corrected chi connectivity index (χ2v) is 8.93. The van der Waals surface area contributed by atoms with Crippen LogP contribution in [-0.2, 0) is 15.8 Å². The van der Waals surface area contributed by atoms with Gasteiger partial charge in [-0.05, 0) is 68.7 Å². The van der Waals surface area contributed by atoms with Crippen molar-refractivity contribution in [3.63, 3.8) is 0 Å². The maximum absolute atomic E-state index is 13.2. The maximum atomic E-state index is 13.2. The van der Waals surface area contributed by atoms with Gasteiger partial charge in [-0.3, -0.25) is 9.59 Å². The monoisotopic (exact) mass is 424 g/mol. The van der Waals surface area contributed by atoms with Crippen LogP contribution in [0.5, 0.6) is 0 Å². The number of amides is 2. The largest absolute Gasteiger partial charge is 0.416 e. The zero-order chi connectivity index (χ0) is 21.5. The number of β-amino-alcohol motifs (C(OH)–C–C–N with tert-alkyl or cyclic N) is 1. The van der Waals surface area contributed by atoms with E-state index in [4.69, 9.17) is 0 Å². The number of piperidine rings is 2. The number of rotatable bonds is 3. The van der Waals surface area contributed by atoms with E-state index in [9.17, 15) is 27.9 Å². The average Bonchev–Trinajstić information content (AvgIpc) is 2.70. The number of benzene rings is 1. The molecule has 0 aromatic heterocycles. The number of aliphatic hydroxyl groups is 1. The second kappa shape index (κ2) is 7.87. The summed E-state index contributed by atoms with van der Waals surface area (Å²) in [6, 6.07) is 4.66. The molecule has 2 amide bonds. The lowest BCUT2D eigenvalue weighted by molar-refractivity contribution is -0.143. The minimum absolute atomic E-state index is 0.0538. The molecule has 1 aliphatic carbocycles. The Balaban J connectivity index is 1.47. The summed E-state index contributed by atoms with van der Waals surface area (Å²) in [6.07, 6.45) is 0.215. The molecule has 8 heteroatoms. The second-order valence-electron chi connectivity index (χ2n) is 8.93. The van der Waals surface area contributed by atoms with E-state index in [2.05, 4.69) is 0 Å². The summed E-state index contributed by atoms with van der Waals surface area (Å²) in [7, 11) is 0. The molecular formula is C22H27F3N2O3. The fourth-order valence-electron chi connectivity index (χ4n) is 5.19. The number of alkyl halides is 3. The number of carbonyl (C=O) groups excluding carboxylic acids is 2. The molecule has 4 rings (SSSR count). The molecule has 30 heavy (non-hydrogen) atoms. The highest BCUT2D eigenvalue weighted by atomic mass is 19.4. The van der Waals surface area contributed by atoms with Crippen LogP contribution in [-0.4, -0.2) is 47.1 Å². The number of fused-ring (bicyclic) bond motifs is 1. The van der Waals surface area contributed by atoms with E-state index < -0.39 is 17.3 Å². The van der Waals surface area contributed by atoms with E-state index in [1.807, 2.05) is 0 Å². The number of anilines is 1. The van der Waals surface area contributed by atoms with Gasteiger partial charge in [0.2, 0.25) is 11.8 Å². The molecule has 0 bridgehead atoms. The molecule has 1 N–H and O–H groups in total. The Morgan fingerprint density at radius 2 is 1.80 bits per heavy atom. The van der Waals surface area contributed by atoms with Crippen molar-refractivity contribution in [3.05, 3.63) is 29.8 Å². The van der Waals surface area contributed by atoms with Crippen LogP contribution in [0.4, 0.5) is 18.9 Å². The van der Waals surface area contributed by atoms with E-state index in [0.29, 0.717) is 31.6 Å². The van der Waals surface area contributed by atoms with Gasteiger partial charge in [-0.15, -0.1) is 0 Å². The van der Waals surface area contributed by atoms with Crippen molar-refractivity contribution in [2.45, 2.75) is 56.7 Å². The van der Waals surface area contributed by atoms with Crippen molar-refractivity contribution in [2.24, 2.45) is 11.8 Å². The molecule has 1 aromatic rings. The van der Waals surface area contributed by atoms with Crippen molar-refractivity contribution >= 4 is 17.5 Å². The first-order chi connectivity index (χ1) is 14.2. The minimum atomic E-state index is -4.42. The van der Waals surface area contributed by atoms with Gasteiger partial charge in [0.25, 0.3) is 0 Å². The molecule has 1 unspecified atom stereocenters. The maximum Gasteiger partial charge on any atom is 0.416 e. The molecule has 1 aromatic carbocycles. The summed E-state index contributed by atoms with van der Waals surface area (Å²) in [4.78, 5) is 28.6. The van der Waals surface area contributed by atoms with Crippen LogP contribution in [0.3, 0.4) is 0 Å². The highest BCUT2D eigenvalue weighted by Crippen LogP contribution is 2.43. The molecule has 164 valence electrons. The Kier molecular flexibility index (Phi) is 5.55. The number of nitrogens with zero attached hydrogens (tertiary/aromatic N) is 2. The smallest absolute Gasteiger partial charge is 0.388 e. The first-order valence-corrected chi connectivity index (χ1v) is 10.7. The zero-order valence-corrected chi connectivity index (χ0v) is 16.8. The van der Waals surface area contributed by atoms with Gasteiger partial charge in [-0.25, -0.2) is 0 Å². The predicted molar refractivity (Wildman–Crippen MR) is 105 cm³/mol. The summed E-state index contributed by atoms with van der Waals surface area (Å²) in [5.41, 5.74) is -1.38. The first-order valence-electron chi connectivity index (χ1n) is 10.7. The normalized spacial score (nSPS) is 30.4. The topological polar surface area (TPSA) is 60.9 Å². The van der Waals surface area contributed by atoms with Crippen LogP contribution in [0.1, 0.15) is 50.5 Å². The SMILES string of the molecule is O=C1CCCCN1C[C@]1(O)CC[C@@H]2CCN(c3ccc(C(F)(F)F)cc3)C(=O)C2C1. The van der Waals surface area contributed by atoms with E-state index in [-0.39, 0.29) is 36.6 Å². The number of carbonyl (C=O) groups is 2. The van der Waals surface area contributed by atoms with Gasteiger partial charge in [0.1, 0.15) is 0 Å². The van der Waals surface area contributed by atoms with Crippen LogP contribution in [0.15, 0.2) is 24.3 Å². The molecule has 3 aliphatic rings. The Hall–Kier alpha value is -2.09. The summed E-state index contributed by atoms with van der Waals surface area (Å²) in [5.74, 6) is -0.299. The van der Waals surface area contributed by atoms with Crippen LogP contribution in [0.25, 0.3) is 0 Å². The lowest BCUT2D eigenvalue weighted by Gasteiger charge is -2.47. The van der Waals surface area contributed by atoms with Crippen molar-refractivity contribution in [1.29, 1.82) is 0 Å². The van der Waals surface area contributed by atoms with Gasteiger partial charge in [0, 0.05) is 37.7 Å². The average molecular weight is 424 g/mol. The molecule has 2 aliphatic heterocycles. The molecule has 0 radical (unpaired) electrons. The summed E-state index contributed by atoms with van der Waals surface area (Å²) < 4.78 is 38.5. The molecule has 3 atom stereocenters. The summed E-state index contributed by atoms with van der Waals surface area (Å²) >= 11 is 0. The van der Waals surface area contributed by atoms with E-state index in [1.165, 1.54) is 12.1 Å². The number of hydrogen-bond donors (Lipinski definition) is 1. The molecule has 2 saturated heterocycles. The van der Waals surface area contributed by atoms with E-state index in [0.717, 1.165) is 37.8 Å². The number of hydrogen-bond acceptors (Lipinski definition) is 3. The van der Waals surface area contributed by atoms with Gasteiger partial charge >= 0.3 is 6.18 Å². The van der Waals surface area contributed by atoms with Gasteiger partial charge < -0.3 is 14.9 Å². The molecule has 1 saturated carbocycles. The standard InChI is InChI=1S/C22H27F3N2O3/c23-22(24,25)16-4-6-17(7-5-16)27-12-9-15-8-10-21(30,13-18(15)20(27)29)14-26-11-2-1-3-19(26)28/h4-7,15,18,30H,1-3,8-14H2/t15-,18?,21+/m1/s1. The van der Waals surface area contributed by atoms with Crippen molar-refractivity contribution in [3.8, 4) is 0 Å². The molecule has 0 spiro atoms. The third-order valence-electron chi connectivity index (χ3n) is 6.87. The molecule has 2 heterocycles. The van der Waals surface area contributed by atoms with E-state index in [1.54, 1.807) is 9.80 Å². The Labute approximate surface area is 173 Å². The van der Waals surface area contributed by atoms with Crippen LogP contribution < -0.4 is 4.90 Å². The Morgan fingerprint density at radius 3 is 2.47 bits per heavy atom. The minimum Gasteiger partial charge on any atom is -0.388 e. The third kappa shape index (κ3) is 4.19. The van der Waals surface area contributed by atoms with Crippen molar-refractivity contribution < 1.29 is 27.9 Å². The summed E-state index contributed by atoms with van der Waals surface area (Å²) in [6.45, 7) is 1.36. The van der Waals surface area contributed by atoms with Gasteiger partial charge in [0.15, 0.2) is 0 Å². The zero-order valence-electron chi connectivity index (χ0n) is 16.8. The highest BCUT2D eigenvalue weighted by molar-refractivity contribution is 5.96. The Bertz CT molecular complexity index is 811. The first kappa shape index (κ1) is 21.2. The summed E-state index contributed by atoms with van der Waals surface area (Å²) in [5, 5.41) is 11.2. The number of halogens is 3. The molecule has 3 fully saturated rings. The van der Waals surface area contributed by atoms with Crippen LogP contribution >= 0.6 is 0 Å². The van der Waals surface area contributed by atoms with Crippen LogP contribution in [0, 0.1) is 11.8 Å². The molecular weight excluding hydrogens is 397 g/mol. The fraction of sp³-hybridized carbons (Fsp3) is 0.636. The third-order valence-corrected chi connectivity index (χ3v) is 6.87. The Morgan fingerprint density at radius 1 is 1.07 bits per heavy atom. The van der Waals surface area contributed by atoms with Gasteiger partial charge in [-0.1, -0.05) is 0 Å². The predicted octanol–water partition coefficient (Wildman–Crippen LogP) is 3.60. The van der Waals surface area contributed by atoms with Gasteiger partial charge in [0.05, 0.1) is 11.2 Å². The lowest BCUT2D eigenvalue weighted by atomic mass is 9.68. The van der Waals surface area contributed by atoms with Gasteiger partial charge in [-0.2, -0.15) is 13.2 Å². The van der Waals surface area contributed by atoms with Crippen molar-refractivity contribution in [1.82, 2.24) is 4.90 Å². The molecule has 5 nitrogen and oxygen atoms in total. The van der Waals surface area contributed by atoms with Crippen molar-refractivity contribution in [2.75, 3.05) is 24.5 Å². The fourth-order valence-corrected chi connectivity index (χ4v) is 5.19. The number of likely N-dealkylation sites (tertiary alicyclic amines) is 1. The van der Waals surface area contributed by atoms with E-state index >= 15 is 0 Å².